The van der Waals surface area contributed by atoms with Gasteiger partial charge in [-0.2, -0.15) is 5.26 Å². The Balaban J connectivity index is 1.79. The highest BCUT2D eigenvalue weighted by Gasteiger charge is 2.10. The molecular weight excluding hydrogens is 388 g/mol. The lowest BCUT2D eigenvalue weighted by Gasteiger charge is -2.07. The number of benzene rings is 2. The second-order valence-electron chi connectivity index (χ2n) is 6.06. The van der Waals surface area contributed by atoms with Gasteiger partial charge in [-0.05, 0) is 61.0 Å². The number of aromatic nitrogens is 3. The number of nitrogens with zero attached hydrogens (tertiary/aromatic N) is 3. The molecule has 0 aliphatic heterocycles. The quantitative estimate of drug-likeness (QED) is 0.460. The van der Waals surface area contributed by atoms with Crippen LogP contribution < -0.4 is 0 Å². The average Bonchev–Trinajstić information content (AvgIpc) is 3.25. The molecule has 0 bridgehead atoms. The lowest BCUT2D eigenvalue weighted by molar-refractivity contribution is 1.06. The predicted molar refractivity (Wildman–Crippen MR) is 108 cm³/mol. The molecule has 4 aromatic rings. The van der Waals surface area contributed by atoms with Gasteiger partial charge in [-0.1, -0.05) is 28.1 Å². The Bertz CT molecular complexity index is 1170. The van der Waals surface area contributed by atoms with E-state index < -0.39 is 0 Å². The van der Waals surface area contributed by atoms with Gasteiger partial charge in [-0.15, -0.1) is 0 Å². The maximum atomic E-state index is 9.67. The van der Waals surface area contributed by atoms with Crippen LogP contribution in [0.2, 0.25) is 0 Å². The summed E-state index contributed by atoms with van der Waals surface area (Å²) in [6.45, 7) is 2.03. The molecule has 0 saturated heterocycles. The van der Waals surface area contributed by atoms with Crippen LogP contribution in [0.5, 0.6) is 0 Å². The highest BCUT2D eigenvalue weighted by atomic mass is 79.9. The molecule has 2 aromatic carbocycles. The van der Waals surface area contributed by atoms with Gasteiger partial charge in [-0.3, -0.25) is 0 Å². The lowest BCUT2D eigenvalue weighted by atomic mass is 10.2. The van der Waals surface area contributed by atoms with E-state index in [1.165, 1.54) is 0 Å². The molecule has 0 radical (unpaired) electrons. The molecule has 4 rings (SSSR count). The third-order valence-electron chi connectivity index (χ3n) is 4.17. The van der Waals surface area contributed by atoms with Gasteiger partial charge in [0.15, 0.2) is 0 Å². The standard InChI is InChI=1S/C21H15BrN4/c1-14-7-8-19-20(10-14)25-21(24-19)15(13-23)11-17-6-3-9-26(17)18-5-2-4-16(22)12-18/h2-12H,1H3,(H,24,25)/b15-11-. The van der Waals surface area contributed by atoms with Gasteiger partial charge in [0.1, 0.15) is 11.9 Å². The fourth-order valence-electron chi connectivity index (χ4n) is 2.93. The summed E-state index contributed by atoms with van der Waals surface area (Å²) in [6.07, 6.45) is 3.83. The number of halogens is 1. The Morgan fingerprint density at radius 2 is 2.08 bits per heavy atom. The molecule has 0 atom stereocenters. The van der Waals surface area contributed by atoms with E-state index in [0.29, 0.717) is 11.4 Å². The molecule has 0 fully saturated rings. The van der Waals surface area contributed by atoms with E-state index in [-0.39, 0.29) is 0 Å². The normalized spacial score (nSPS) is 11.7. The van der Waals surface area contributed by atoms with E-state index in [9.17, 15) is 5.26 Å². The van der Waals surface area contributed by atoms with Crippen LogP contribution >= 0.6 is 15.9 Å². The molecule has 5 heteroatoms. The number of aromatic amines is 1. The van der Waals surface area contributed by atoms with Gasteiger partial charge in [0.2, 0.25) is 0 Å². The van der Waals surface area contributed by atoms with Crippen LogP contribution in [0.15, 0.2) is 65.3 Å². The van der Waals surface area contributed by atoms with Crippen LogP contribution in [-0.2, 0) is 0 Å². The number of fused-ring (bicyclic) bond motifs is 1. The zero-order valence-electron chi connectivity index (χ0n) is 14.1. The third kappa shape index (κ3) is 3.07. The second kappa shape index (κ2) is 6.66. The number of allylic oxidation sites excluding steroid dienone is 1. The van der Waals surface area contributed by atoms with Crippen LogP contribution in [0.1, 0.15) is 17.1 Å². The maximum Gasteiger partial charge on any atom is 0.149 e. The molecule has 0 spiro atoms. The number of hydrogen-bond donors (Lipinski definition) is 1. The van der Waals surface area contributed by atoms with Crippen LogP contribution in [-0.4, -0.2) is 14.5 Å². The van der Waals surface area contributed by atoms with Crippen molar-refractivity contribution in [2.75, 3.05) is 0 Å². The van der Waals surface area contributed by atoms with Crippen molar-refractivity contribution in [2.24, 2.45) is 0 Å². The van der Waals surface area contributed by atoms with E-state index in [2.05, 4.69) is 32.0 Å². The number of imidazole rings is 1. The van der Waals surface area contributed by atoms with Gasteiger partial charge in [0.05, 0.1) is 16.6 Å². The van der Waals surface area contributed by atoms with Crippen molar-refractivity contribution in [3.8, 4) is 11.8 Å². The number of hydrogen-bond acceptors (Lipinski definition) is 2. The summed E-state index contributed by atoms with van der Waals surface area (Å²) in [5.41, 5.74) is 5.37. The summed E-state index contributed by atoms with van der Waals surface area (Å²) >= 11 is 3.50. The van der Waals surface area contributed by atoms with Crippen molar-refractivity contribution in [2.45, 2.75) is 6.92 Å². The Morgan fingerprint density at radius 1 is 1.19 bits per heavy atom. The molecule has 26 heavy (non-hydrogen) atoms. The first-order valence-electron chi connectivity index (χ1n) is 8.16. The molecule has 0 aliphatic carbocycles. The summed E-state index contributed by atoms with van der Waals surface area (Å²) in [5.74, 6) is 0.579. The van der Waals surface area contributed by atoms with Gasteiger partial charge in [0, 0.05) is 22.1 Å². The number of aryl methyl sites for hydroxylation is 1. The zero-order chi connectivity index (χ0) is 18.1. The molecule has 0 unspecified atom stereocenters. The van der Waals surface area contributed by atoms with Crippen molar-refractivity contribution in [1.29, 1.82) is 5.26 Å². The van der Waals surface area contributed by atoms with Crippen molar-refractivity contribution in [1.82, 2.24) is 14.5 Å². The van der Waals surface area contributed by atoms with Crippen molar-refractivity contribution in [3.05, 3.63) is 82.3 Å². The average molecular weight is 403 g/mol. The fraction of sp³-hybridized carbons (Fsp3) is 0.0476. The highest BCUT2D eigenvalue weighted by molar-refractivity contribution is 9.10. The predicted octanol–water partition coefficient (Wildman–Crippen LogP) is 5.49. The van der Waals surface area contributed by atoms with E-state index in [1.54, 1.807) is 0 Å². The molecule has 0 amide bonds. The lowest BCUT2D eigenvalue weighted by Crippen LogP contribution is -1.95. The Kier molecular flexibility index (Phi) is 4.19. The van der Waals surface area contributed by atoms with Crippen molar-refractivity contribution >= 4 is 38.6 Å². The van der Waals surface area contributed by atoms with E-state index in [1.807, 2.05) is 78.4 Å². The zero-order valence-corrected chi connectivity index (χ0v) is 15.7. The summed E-state index contributed by atoms with van der Waals surface area (Å²) in [7, 11) is 0. The van der Waals surface area contributed by atoms with Crippen LogP contribution in [0.25, 0.3) is 28.4 Å². The SMILES string of the molecule is Cc1ccc2nc(/C(C#N)=C\c3cccn3-c3cccc(Br)c3)[nH]c2c1. The largest absolute Gasteiger partial charge is 0.337 e. The minimum Gasteiger partial charge on any atom is -0.337 e. The molecule has 0 aliphatic rings. The van der Waals surface area contributed by atoms with Crippen LogP contribution in [0.3, 0.4) is 0 Å². The number of nitriles is 1. The Hall–Kier alpha value is -3.10. The second-order valence-corrected chi connectivity index (χ2v) is 6.97. The number of nitrogens with one attached hydrogen (secondary N) is 1. The van der Waals surface area contributed by atoms with Gasteiger partial charge in [0.25, 0.3) is 0 Å². The molecule has 2 heterocycles. The molecule has 0 saturated carbocycles. The maximum absolute atomic E-state index is 9.67. The first-order valence-corrected chi connectivity index (χ1v) is 8.95. The fourth-order valence-corrected chi connectivity index (χ4v) is 3.31. The first-order chi connectivity index (χ1) is 12.6. The van der Waals surface area contributed by atoms with Crippen LogP contribution in [0, 0.1) is 18.3 Å². The van der Waals surface area contributed by atoms with E-state index in [4.69, 9.17) is 0 Å². The Labute approximate surface area is 159 Å². The molecule has 126 valence electrons. The van der Waals surface area contributed by atoms with Gasteiger partial charge < -0.3 is 9.55 Å². The first kappa shape index (κ1) is 16.4. The van der Waals surface area contributed by atoms with Crippen molar-refractivity contribution in [3.63, 3.8) is 0 Å². The number of H-pyrrole nitrogens is 1. The summed E-state index contributed by atoms with van der Waals surface area (Å²) in [6, 6.07) is 20.2. The minimum atomic E-state index is 0.494. The smallest absolute Gasteiger partial charge is 0.149 e. The molecular formula is C21H15BrN4. The van der Waals surface area contributed by atoms with Crippen molar-refractivity contribution < 1.29 is 0 Å². The van der Waals surface area contributed by atoms with Gasteiger partial charge in [-0.25, -0.2) is 4.98 Å². The Morgan fingerprint density at radius 3 is 2.88 bits per heavy atom. The summed E-state index contributed by atoms with van der Waals surface area (Å²) < 4.78 is 3.04. The topological polar surface area (TPSA) is 57.4 Å². The monoisotopic (exact) mass is 402 g/mol. The van der Waals surface area contributed by atoms with Gasteiger partial charge >= 0.3 is 0 Å². The van der Waals surface area contributed by atoms with Crippen LogP contribution in [0.4, 0.5) is 0 Å². The summed E-state index contributed by atoms with van der Waals surface area (Å²) in [4.78, 5) is 7.81. The summed E-state index contributed by atoms with van der Waals surface area (Å²) in [5, 5.41) is 9.67. The highest BCUT2D eigenvalue weighted by Crippen LogP contribution is 2.23. The molecule has 4 nitrogen and oxygen atoms in total. The van der Waals surface area contributed by atoms with E-state index in [0.717, 1.165) is 32.5 Å². The minimum absolute atomic E-state index is 0.494. The third-order valence-corrected chi connectivity index (χ3v) is 4.67. The molecule has 2 aromatic heterocycles. The number of rotatable bonds is 3. The molecule has 1 N–H and O–H groups in total. The van der Waals surface area contributed by atoms with E-state index >= 15 is 0 Å².